The zero-order valence-electron chi connectivity index (χ0n) is 16.5. The number of rotatable bonds is 3. The number of nitrogens with zero attached hydrogens (tertiary/aromatic N) is 4. The fourth-order valence-corrected chi connectivity index (χ4v) is 4.08. The predicted molar refractivity (Wildman–Crippen MR) is 119 cm³/mol. The number of anilines is 1. The van der Waals surface area contributed by atoms with E-state index in [-0.39, 0.29) is 5.91 Å². The van der Waals surface area contributed by atoms with Crippen molar-refractivity contribution >= 4 is 22.6 Å². The Kier molecular flexibility index (Phi) is 3.78. The van der Waals surface area contributed by atoms with Crippen LogP contribution in [-0.4, -0.2) is 25.0 Å². The van der Waals surface area contributed by atoms with Crippen molar-refractivity contribution in [1.29, 1.82) is 0 Å². The van der Waals surface area contributed by atoms with Crippen LogP contribution >= 0.6 is 0 Å². The van der Waals surface area contributed by atoms with Gasteiger partial charge < -0.3 is 15.6 Å². The van der Waals surface area contributed by atoms with Crippen LogP contribution in [0.2, 0.25) is 0 Å². The molecule has 3 N–H and O–H groups in total. The smallest absolute Gasteiger partial charge is 0.257 e. The lowest BCUT2D eigenvalue weighted by Crippen LogP contribution is -2.10. The van der Waals surface area contributed by atoms with Gasteiger partial charge in [-0.25, -0.2) is 9.97 Å². The Labute approximate surface area is 177 Å². The molecule has 1 amide bonds. The van der Waals surface area contributed by atoms with E-state index < -0.39 is 0 Å². The molecular formula is C24H18N6O. The lowest BCUT2D eigenvalue weighted by Gasteiger charge is -2.12. The zero-order chi connectivity index (χ0) is 20.9. The maximum atomic E-state index is 12.9. The first kappa shape index (κ1) is 17.6. The Hall–Kier alpha value is -4.23. The summed E-state index contributed by atoms with van der Waals surface area (Å²) < 4.78 is 3.98. The average molecular weight is 406 g/mol. The molecular weight excluding hydrogens is 388 g/mol. The molecule has 0 aliphatic carbocycles. The summed E-state index contributed by atoms with van der Waals surface area (Å²) in [6.45, 7) is 0.490. The van der Waals surface area contributed by atoms with Crippen molar-refractivity contribution in [1.82, 2.24) is 19.1 Å². The third-order valence-corrected chi connectivity index (χ3v) is 5.57. The molecule has 0 saturated heterocycles. The van der Waals surface area contributed by atoms with Crippen LogP contribution in [0.4, 0.5) is 5.69 Å². The number of imidazole rings is 1. The van der Waals surface area contributed by atoms with Crippen molar-refractivity contribution in [2.24, 2.45) is 5.73 Å². The van der Waals surface area contributed by atoms with Crippen LogP contribution < -0.4 is 11.1 Å². The predicted octanol–water partition coefficient (Wildman–Crippen LogP) is 3.90. The van der Waals surface area contributed by atoms with Gasteiger partial charge in [0.2, 0.25) is 0 Å². The number of hydrogen-bond donors (Lipinski definition) is 2. The summed E-state index contributed by atoms with van der Waals surface area (Å²) in [4.78, 5) is 22.4. The molecule has 4 heterocycles. The minimum atomic E-state index is -0.139. The molecule has 0 unspecified atom stereocenters. The minimum Gasteiger partial charge on any atom is -0.326 e. The minimum absolute atomic E-state index is 0.139. The number of carbonyl (C=O) groups excluding carboxylic acids is 1. The maximum absolute atomic E-state index is 12.9. The van der Waals surface area contributed by atoms with Crippen LogP contribution in [0.15, 0.2) is 79.3 Å². The highest BCUT2D eigenvalue weighted by Gasteiger charge is 2.25. The highest BCUT2D eigenvalue weighted by molar-refractivity contribution is 6.14. The standard InChI is InChI=1S/C24H18N6O/c25-12-15-10-11-29(14-15)21-9-8-16(13-26-21)23-27-19-6-3-4-17-22(19)30(23)20-7-2-1-5-18(20)28-24(17)31/h1-11,13-14H,12,25H2,(H,28,31). The van der Waals surface area contributed by atoms with Gasteiger partial charge >= 0.3 is 0 Å². The van der Waals surface area contributed by atoms with Crippen molar-refractivity contribution in [3.63, 3.8) is 0 Å². The lowest BCUT2D eigenvalue weighted by molar-refractivity contribution is 0.102. The fraction of sp³-hybridized carbons (Fsp3) is 0.0417. The number of pyridine rings is 1. The van der Waals surface area contributed by atoms with Crippen LogP contribution in [0, 0.1) is 0 Å². The SMILES string of the molecule is NCc1ccn(-c2ccc(-c3nc4cccc5c4n3-c3ccccc3NC5=O)cn2)c1. The van der Waals surface area contributed by atoms with Crippen LogP contribution in [-0.2, 0) is 6.54 Å². The second-order valence-corrected chi connectivity index (χ2v) is 7.45. The Morgan fingerprint density at radius 2 is 1.90 bits per heavy atom. The highest BCUT2D eigenvalue weighted by Crippen LogP contribution is 2.36. The molecule has 0 radical (unpaired) electrons. The monoisotopic (exact) mass is 406 g/mol. The Morgan fingerprint density at radius 3 is 2.71 bits per heavy atom. The number of hydrogen-bond acceptors (Lipinski definition) is 4. The van der Waals surface area contributed by atoms with E-state index in [9.17, 15) is 4.79 Å². The van der Waals surface area contributed by atoms with Gasteiger partial charge in [0.15, 0.2) is 0 Å². The number of carbonyl (C=O) groups is 1. The fourth-order valence-electron chi connectivity index (χ4n) is 4.08. The lowest BCUT2D eigenvalue weighted by atomic mass is 10.1. The van der Waals surface area contributed by atoms with E-state index in [1.807, 2.05) is 88.4 Å². The molecule has 0 bridgehead atoms. The van der Waals surface area contributed by atoms with Gasteiger partial charge in [0.25, 0.3) is 5.91 Å². The van der Waals surface area contributed by atoms with Crippen LogP contribution in [0.5, 0.6) is 0 Å². The number of nitrogens with two attached hydrogens (primary N) is 1. The van der Waals surface area contributed by atoms with Crippen LogP contribution in [0.1, 0.15) is 15.9 Å². The van der Waals surface area contributed by atoms with Crippen molar-refractivity contribution < 1.29 is 4.79 Å². The summed E-state index contributed by atoms with van der Waals surface area (Å²) in [5, 5.41) is 3.02. The quantitative estimate of drug-likeness (QED) is 0.475. The number of amides is 1. The van der Waals surface area contributed by atoms with Gasteiger partial charge in [0, 0.05) is 30.7 Å². The van der Waals surface area contributed by atoms with E-state index in [0.29, 0.717) is 12.1 Å². The summed E-state index contributed by atoms with van der Waals surface area (Å²) in [7, 11) is 0. The molecule has 150 valence electrons. The van der Waals surface area contributed by atoms with Crippen LogP contribution in [0.25, 0.3) is 33.9 Å². The molecule has 1 aliphatic heterocycles. The zero-order valence-corrected chi connectivity index (χ0v) is 16.5. The van der Waals surface area contributed by atoms with E-state index in [4.69, 9.17) is 10.7 Å². The molecule has 0 fully saturated rings. The van der Waals surface area contributed by atoms with Gasteiger partial charge in [-0.05, 0) is 48.0 Å². The number of fused-ring (bicyclic) bond motifs is 2. The summed E-state index contributed by atoms with van der Waals surface area (Å²) in [5.74, 6) is 1.40. The van der Waals surface area contributed by atoms with Gasteiger partial charge in [0.1, 0.15) is 11.6 Å². The van der Waals surface area contributed by atoms with Crippen LogP contribution in [0.3, 0.4) is 0 Å². The molecule has 7 heteroatoms. The molecule has 0 saturated carbocycles. The second-order valence-electron chi connectivity index (χ2n) is 7.45. The Balaban J connectivity index is 1.56. The first-order valence-corrected chi connectivity index (χ1v) is 9.99. The van der Waals surface area contributed by atoms with Crippen molar-refractivity contribution in [2.45, 2.75) is 6.54 Å². The highest BCUT2D eigenvalue weighted by atomic mass is 16.1. The average Bonchev–Trinajstić information content (AvgIpc) is 3.41. The molecule has 7 nitrogen and oxygen atoms in total. The molecule has 0 atom stereocenters. The van der Waals surface area contributed by atoms with E-state index >= 15 is 0 Å². The summed E-state index contributed by atoms with van der Waals surface area (Å²) in [6, 6.07) is 19.3. The maximum Gasteiger partial charge on any atom is 0.257 e. The Morgan fingerprint density at radius 1 is 1.00 bits per heavy atom. The van der Waals surface area contributed by atoms with Gasteiger partial charge in [0.05, 0.1) is 28.0 Å². The number of aromatic nitrogens is 4. The molecule has 6 rings (SSSR count). The summed E-state index contributed by atoms with van der Waals surface area (Å²) >= 11 is 0. The van der Waals surface area contributed by atoms with E-state index in [2.05, 4.69) is 10.3 Å². The Bertz CT molecular complexity index is 1460. The number of nitrogens with one attached hydrogen (secondary N) is 1. The van der Waals surface area contributed by atoms with Crippen molar-refractivity contribution in [3.8, 4) is 22.9 Å². The van der Waals surface area contributed by atoms with E-state index in [1.165, 1.54) is 0 Å². The first-order chi connectivity index (χ1) is 15.2. The summed E-state index contributed by atoms with van der Waals surface area (Å²) in [6.07, 6.45) is 5.73. The van der Waals surface area contributed by atoms with Crippen molar-refractivity contribution in [2.75, 3.05) is 5.32 Å². The third kappa shape index (κ3) is 2.68. The van der Waals surface area contributed by atoms with Gasteiger partial charge in [-0.3, -0.25) is 9.36 Å². The first-order valence-electron chi connectivity index (χ1n) is 9.99. The molecule has 3 aromatic heterocycles. The molecule has 2 aromatic carbocycles. The van der Waals surface area contributed by atoms with E-state index in [0.717, 1.165) is 45.2 Å². The second kappa shape index (κ2) is 6.65. The number of para-hydroxylation sites is 3. The van der Waals surface area contributed by atoms with Crippen molar-refractivity contribution in [3.05, 3.63) is 90.4 Å². The third-order valence-electron chi connectivity index (χ3n) is 5.57. The normalized spacial score (nSPS) is 12.5. The van der Waals surface area contributed by atoms with Gasteiger partial charge in [-0.15, -0.1) is 0 Å². The van der Waals surface area contributed by atoms with E-state index in [1.54, 1.807) is 0 Å². The van der Waals surface area contributed by atoms with Gasteiger partial charge in [-0.1, -0.05) is 18.2 Å². The summed E-state index contributed by atoms with van der Waals surface area (Å²) in [5.41, 5.74) is 11.4. The number of benzene rings is 2. The largest absolute Gasteiger partial charge is 0.326 e. The molecule has 1 aliphatic rings. The topological polar surface area (TPSA) is 90.8 Å². The molecule has 5 aromatic rings. The molecule has 31 heavy (non-hydrogen) atoms. The molecule has 0 spiro atoms. The van der Waals surface area contributed by atoms with Gasteiger partial charge in [-0.2, -0.15) is 0 Å².